The van der Waals surface area contributed by atoms with E-state index < -0.39 is 5.97 Å². The van der Waals surface area contributed by atoms with Gasteiger partial charge in [0.25, 0.3) is 0 Å². The summed E-state index contributed by atoms with van der Waals surface area (Å²) in [5, 5.41) is 2.55. The lowest BCUT2D eigenvalue weighted by Crippen LogP contribution is -2.04. The van der Waals surface area contributed by atoms with Gasteiger partial charge >= 0.3 is 5.97 Å². The monoisotopic (exact) mass is 442 g/mol. The van der Waals surface area contributed by atoms with Crippen LogP contribution in [0.2, 0.25) is 0 Å². The minimum Gasteiger partial charge on any atom is -0.464 e. The first-order valence-electron chi connectivity index (χ1n) is 6.06. The number of ketones is 1. The van der Waals surface area contributed by atoms with Gasteiger partial charge in [-0.05, 0) is 44.0 Å². The normalized spacial score (nSPS) is 10.9. The molecule has 3 rings (SSSR count). The minimum absolute atomic E-state index is 0.139. The van der Waals surface area contributed by atoms with Crippen molar-refractivity contribution < 1.29 is 14.3 Å². The van der Waals surface area contributed by atoms with Crippen LogP contribution in [0.3, 0.4) is 0 Å². The number of hydrogen-bond donors (Lipinski definition) is 1. The van der Waals surface area contributed by atoms with Crippen molar-refractivity contribution in [2.24, 2.45) is 0 Å². The number of halogens is 2. The molecular weight excluding hydrogens is 436 g/mol. The van der Waals surface area contributed by atoms with Crippen molar-refractivity contribution >= 4 is 65.9 Å². The topological polar surface area (TPSA) is 72.1 Å². The quantitative estimate of drug-likeness (QED) is 0.487. The van der Waals surface area contributed by atoms with Crippen molar-refractivity contribution in [2.45, 2.75) is 0 Å². The van der Waals surface area contributed by atoms with Crippen LogP contribution in [0.15, 0.2) is 32.7 Å². The molecule has 112 valence electrons. The number of fused-ring (bicyclic) bond motifs is 1. The summed E-state index contributed by atoms with van der Waals surface area (Å²) in [5.41, 5.74) is 1.48. The summed E-state index contributed by atoms with van der Waals surface area (Å²) < 4.78 is 6.34. The van der Waals surface area contributed by atoms with Gasteiger partial charge in [-0.1, -0.05) is 0 Å². The van der Waals surface area contributed by atoms with Crippen LogP contribution >= 0.6 is 43.2 Å². The molecule has 22 heavy (non-hydrogen) atoms. The van der Waals surface area contributed by atoms with Crippen molar-refractivity contribution in [1.82, 2.24) is 9.97 Å². The van der Waals surface area contributed by atoms with E-state index >= 15 is 0 Å². The Morgan fingerprint density at radius 3 is 2.73 bits per heavy atom. The number of aromatic amines is 1. The Balaban J connectivity index is 2.04. The molecule has 5 nitrogen and oxygen atoms in total. The fraction of sp³-hybridized carbons (Fsp3) is 0.0714. The first kappa shape index (κ1) is 15.4. The van der Waals surface area contributed by atoms with E-state index in [1.807, 2.05) is 12.1 Å². The summed E-state index contributed by atoms with van der Waals surface area (Å²) >= 11 is 7.97. The lowest BCUT2D eigenvalue weighted by Gasteiger charge is -1.99. The Morgan fingerprint density at radius 2 is 2.00 bits per heavy atom. The molecule has 0 unspecified atom stereocenters. The summed E-state index contributed by atoms with van der Waals surface area (Å²) in [6.07, 6.45) is 1.64. The number of hydrogen-bond acceptors (Lipinski definition) is 5. The number of carbonyl (C=O) groups excluding carboxylic acids is 2. The Bertz CT molecular complexity index is 901. The highest BCUT2D eigenvalue weighted by Crippen LogP contribution is 2.31. The van der Waals surface area contributed by atoms with Crippen LogP contribution in [0.4, 0.5) is 0 Å². The maximum atomic E-state index is 12.6. The summed E-state index contributed by atoms with van der Waals surface area (Å²) in [5.74, 6) is -0.790. The fourth-order valence-corrected chi connectivity index (χ4v) is 3.42. The van der Waals surface area contributed by atoms with E-state index in [2.05, 4.69) is 46.6 Å². The van der Waals surface area contributed by atoms with E-state index in [0.29, 0.717) is 5.56 Å². The Kier molecular flexibility index (Phi) is 4.16. The number of nitrogens with zero attached hydrogens (tertiary/aromatic N) is 1. The van der Waals surface area contributed by atoms with Gasteiger partial charge in [0.15, 0.2) is 10.7 Å². The Hall–Kier alpha value is -1.51. The molecule has 0 saturated heterocycles. The number of nitrogens with one attached hydrogen (secondary N) is 1. The lowest BCUT2D eigenvalue weighted by molar-refractivity contribution is 0.0595. The van der Waals surface area contributed by atoms with E-state index in [1.165, 1.54) is 12.5 Å². The third kappa shape index (κ3) is 2.62. The Labute approximate surface area is 146 Å². The van der Waals surface area contributed by atoms with Gasteiger partial charge in [-0.2, -0.15) is 0 Å². The molecule has 0 amide bonds. The number of esters is 1. The number of benzene rings is 1. The molecule has 0 aliphatic carbocycles. The summed E-state index contributed by atoms with van der Waals surface area (Å²) in [7, 11) is 1.28. The van der Waals surface area contributed by atoms with Gasteiger partial charge in [0.2, 0.25) is 5.78 Å². The summed E-state index contributed by atoms with van der Waals surface area (Å²) in [6.45, 7) is 0. The highest BCUT2D eigenvalue weighted by molar-refractivity contribution is 9.13. The van der Waals surface area contributed by atoms with Crippen LogP contribution in [-0.2, 0) is 4.74 Å². The SMILES string of the molecule is COC(=O)c1csc(C(=O)c2c[nH]c3cc(Br)c(Br)cc23)n1. The van der Waals surface area contributed by atoms with Crippen molar-refractivity contribution in [1.29, 1.82) is 0 Å². The zero-order valence-corrected chi connectivity index (χ0v) is 15.1. The molecule has 1 aromatic carbocycles. The fourth-order valence-electron chi connectivity index (χ4n) is 2.00. The van der Waals surface area contributed by atoms with Crippen molar-refractivity contribution in [3.05, 3.63) is 48.9 Å². The number of H-pyrrole nitrogens is 1. The Morgan fingerprint density at radius 1 is 1.27 bits per heavy atom. The second-order valence-corrected chi connectivity index (χ2v) is 6.94. The number of ether oxygens (including phenoxy) is 1. The first-order valence-corrected chi connectivity index (χ1v) is 8.52. The number of aromatic nitrogens is 2. The van der Waals surface area contributed by atoms with E-state index in [-0.39, 0.29) is 16.5 Å². The van der Waals surface area contributed by atoms with Crippen LogP contribution in [0.5, 0.6) is 0 Å². The smallest absolute Gasteiger partial charge is 0.357 e. The van der Waals surface area contributed by atoms with E-state index in [1.54, 1.807) is 6.20 Å². The second-order valence-electron chi connectivity index (χ2n) is 4.37. The van der Waals surface area contributed by atoms with Gasteiger partial charge in [0.1, 0.15) is 0 Å². The molecule has 1 N–H and O–H groups in total. The molecule has 0 radical (unpaired) electrons. The molecular formula is C14H8Br2N2O3S. The zero-order chi connectivity index (χ0) is 15.9. The maximum absolute atomic E-state index is 12.6. The largest absolute Gasteiger partial charge is 0.464 e. The van der Waals surface area contributed by atoms with Crippen LogP contribution in [0.25, 0.3) is 10.9 Å². The molecule has 0 spiro atoms. The zero-order valence-electron chi connectivity index (χ0n) is 11.1. The highest BCUT2D eigenvalue weighted by atomic mass is 79.9. The molecule has 8 heteroatoms. The highest BCUT2D eigenvalue weighted by Gasteiger charge is 2.20. The summed E-state index contributed by atoms with van der Waals surface area (Å²) in [4.78, 5) is 31.1. The van der Waals surface area contributed by atoms with Crippen LogP contribution in [0, 0.1) is 0 Å². The summed E-state index contributed by atoms with van der Waals surface area (Å²) in [6, 6.07) is 3.75. The van der Waals surface area contributed by atoms with Gasteiger partial charge in [-0.15, -0.1) is 11.3 Å². The van der Waals surface area contributed by atoms with Crippen molar-refractivity contribution in [3.8, 4) is 0 Å². The average molecular weight is 444 g/mol. The number of carbonyl (C=O) groups is 2. The maximum Gasteiger partial charge on any atom is 0.357 e. The molecule has 2 aromatic heterocycles. The molecule has 0 atom stereocenters. The molecule has 0 bridgehead atoms. The molecule has 0 saturated carbocycles. The van der Waals surface area contributed by atoms with Gasteiger partial charge in [0, 0.05) is 31.4 Å². The van der Waals surface area contributed by atoms with Gasteiger partial charge in [-0.25, -0.2) is 9.78 Å². The van der Waals surface area contributed by atoms with Crippen LogP contribution in [-0.4, -0.2) is 28.8 Å². The third-order valence-electron chi connectivity index (χ3n) is 3.06. The average Bonchev–Trinajstić information content (AvgIpc) is 3.13. The van der Waals surface area contributed by atoms with E-state index in [0.717, 1.165) is 31.2 Å². The second kappa shape index (κ2) is 5.94. The first-order chi connectivity index (χ1) is 10.5. The molecule has 2 heterocycles. The molecule has 3 aromatic rings. The predicted octanol–water partition coefficient (Wildman–Crippen LogP) is 4.17. The van der Waals surface area contributed by atoms with Gasteiger partial charge in [-0.3, -0.25) is 4.79 Å². The predicted molar refractivity (Wildman–Crippen MR) is 90.6 cm³/mol. The third-order valence-corrected chi connectivity index (χ3v) is 5.75. The molecule has 0 aliphatic heterocycles. The molecule has 0 aliphatic rings. The number of rotatable bonds is 3. The molecule has 0 fully saturated rings. The number of thiazole rings is 1. The van der Waals surface area contributed by atoms with E-state index in [4.69, 9.17) is 0 Å². The minimum atomic E-state index is -0.555. The van der Waals surface area contributed by atoms with Crippen molar-refractivity contribution in [2.75, 3.05) is 7.11 Å². The lowest BCUT2D eigenvalue weighted by atomic mass is 10.1. The van der Waals surface area contributed by atoms with Crippen LogP contribution in [0.1, 0.15) is 25.9 Å². The van der Waals surface area contributed by atoms with E-state index in [9.17, 15) is 9.59 Å². The standard InChI is InChI=1S/C14H8Br2N2O3S/c1-21-14(20)11-5-22-13(18-11)12(19)7-4-17-10-3-9(16)8(15)2-6(7)10/h2-5,17H,1H3. The van der Waals surface area contributed by atoms with Gasteiger partial charge in [0.05, 0.1) is 12.7 Å². The van der Waals surface area contributed by atoms with Crippen molar-refractivity contribution in [3.63, 3.8) is 0 Å². The number of methoxy groups -OCH3 is 1. The van der Waals surface area contributed by atoms with Crippen LogP contribution < -0.4 is 0 Å². The van der Waals surface area contributed by atoms with Gasteiger partial charge < -0.3 is 9.72 Å².